The van der Waals surface area contributed by atoms with Crippen LogP contribution in [0.4, 0.5) is 0 Å². The molecule has 4 aromatic rings. The van der Waals surface area contributed by atoms with Crippen LogP contribution in [-0.2, 0) is 17.6 Å². The van der Waals surface area contributed by atoms with Crippen molar-refractivity contribution in [1.29, 1.82) is 0 Å². The Morgan fingerprint density at radius 3 is 2.43 bits per heavy atom. The molecule has 0 saturated heterocycles. The maximum atomic E-state index is 13.2. The fourth-order valence-corrected chi connectivity index (χ4v) is 5.17. The maximum absolute atomic E-state index is 13.2. The van der Waals surface area contributed by atoms with Gasteiger partial charge in [-0.3, -0.25) is 9.59 Å². The van der Waals surface area contributed by atoms with E-state index < -0.39 is 6.10 Å². The zero-order chi connectivity index (χ0) is 30.4. The van der Waals surface area contributed by atoms with Crippen molar-refractivity contribution >= 4 is 29.1 Å². The maximum Gasteiger partial charge on any atom is 0.251 e. The molecule has 0 aliphatic carbocycles. The number of carbonyl (C=O) groups is 2. The van der Waals surface area contributed by atoms with Crippen molar-refractivity contribution in [2.75, 3.05) is 27.2 Å². The van der Waals surface area contributed by atoms with E-state index in [9.17, 15) is 14.7 Å². The number of aliphatic hydroxyl groups excluding tert-OH is 1. The predicted molar refractivity (Wildman–Crippen MR) is 168 cm³/mol. The topological polar surface area (TPSA) is 99.0 Å². The number of nitrogens with zero attached hydrogens (tertiary/aromatic N) is 3. The zero-order valence-corrected chi connectivity index (χ0v) is 25.7. The van der Waals surface area contributed by atoms with Crippen LogP contribution in [-0.4, -0.2) is 64.4 Å². The summed E-state index contributed by atoms with van der Waals surface area (Å²) in [6.07, 6.45) is 4.59. The van der Waals surface area contributed by atoms with Gasteiger partial charge in [0.25, 0.3) is 5.91 Å². The molecule has 0 spiro atoms. The van der Waals surface area contributed by atoms with E-state index in [1.165, 1.54) is 0 Å². The van der Waals surface area contributed by atoms with Gasteiger partial charge in [-0.15, -0.1) is 0 Å². The van der Waals surface area contributed by atoms with Gasteiger partial charge >= 0.3 is 0 Å². The van der Waals surface area contributed by atoms with E-state index in [4.69, 9.17) is 16.6 Å². The van der Waals surface area contributed by atoms with Gasteiger partial charge in [-0.2, -0.15) is 0 Å². The van der Waals surface area contributed by atoms with Crippen LogP contribution in [0.15, 0.2) is 67.0 Å². The second-order valence-corrected chi connectivity index (χ2v) is 11.9. The summed E-state index contributed by atoms with van der Waals surface area (Å²) in [6, 6.07) is 16.9. The molecule has 3 N–H and O–H groups in total. The number of aliphatic hydroxyl groups is 1. The lowest BCUT2D eigenvalue weighted by Gasteiger charge is -2.21. The number of amides is 2. The molecule has 222 valence electrons. The number of hydrogen-bond acceptors (Lipinski definition) is 5. The molecule has 42 heavy (non-hydrogen) atoms. The second kappa shape index (κ2) is 14.0. The molecule has 0 saturated carbocycles. The van der Waals surface area contributed by atoms with Gasteiger partial charge in [0, 0.05) is 40.7 Å². The molecule has 2 aromatic heterocycles. The Labute approximate surface area is 252 Å². The summed E-state index contributed by atoms with van der Waals surface area (Å²) in [5, 5.41) is 16.7. The molecular weight excluding hydrogens is 550 g/mol. The first-order valence-corrected chi connectivity index (χ1v) is 14.6. The van der Waals surface area contributed by atoms with E-state index >= 15 is 0 Å². The van der Waals surface area contributed by atoms with Crippen LogP contribution in [0.2, 0.25) is 5.02 Å². The number of halogens is 1. The third-order valence-corrected chi connectivity index (χ3v) is 7.33. The summed E-state index contributed by atoms with van der Waals surface area (Å²) in [4.78, 5) is 32.2. The summed E-state index contributed by atoms with van der Waals surface area (Å²) < 4.78 is 1.91. The van der Waals surface area contributed by atoms with Gasteiger partial charge in [-0.1, -0.05) is 61.8 Å². The molecule has 2 aromatic carbocycles. The number of nitrogens with one attached hydrogen (secondary N) is 2. The van der Waals surface area contributed by atoms with Crippen molar-refractivity contribution < 1.29 is 14.7 Å². The van der Waals surface area contributed by atoms with Crippen LogP contribution < -0.4 is 10.6 Å². The van der Waals surface area contributed by atoms with Crippen molar-refractivity contribution in [1.82, 2.24) is 24.9 Å². The minimum atomic E-state index is -0.620. The Morgan fingerprint density at radius 2 is 1.79 bits per heavy atom. The highest BCUT2D eigenvalue weighted by molar-refractivity contribution is 6.31. The van der Waals surface area contributed by atoms with Gasteiger partial charge in [-0.25, -0.2) is 4.98 Å². The van der Waals surface area contributed by atoms with E-state index in [-0.39, 0.29) is 30.9 Å². The van der Waals surface area contributed by atoms with E-state index in [2.05, 4.69) is 24.5 Å². The first-order chi connectivity index (χ1) is 20.0. The average molecular weight is 590 g/mol. The first-order valence-electron chi connectivity index (χ1n) is 14.3. The molecular formula is C33H40ClN5O3. The van der Waals surface area contributed by atoms with Crippen molar-refractivity contribution in [2.24, 2.45) is 5.92 Å². The lowest BCUT2D eigenvalue weighted by Crippen LogP contribution is -2.46. The SMILES string of the molecule is CC(C)Cc1ccc(C(=O)N[C@H](CNC(=O)CN(C)C)Cc2ccc(-c3cn4cccc([C@H](C)O)c4n3)cc2)cc1Cl. The summed E-state index contributed by atoms with van der Waals surface area (Å²) in [6.45, 7) is 6.53. The molecule has 9 heteroatoms. The molecule has 0 radical (unpaired) electrons. The molecule has 8 nitrogen and oxygen atoms in total. The molecule has 0 bridgehead atoms. The Kier molecular flexibility index (Phi) is 10.4. The van der Waals surface area contributed by atoms with E-state index in [1.807, 2.05) is 73.4 Å². The Bertz CT molecular complexity index is 1530. The molecule has 2 atom stereocenters. The van der Waals surface area contributed by atoms with E-state index in [0.29, 0.717) is 22.9 Å². The van der Waals surface area contributed by atoms with Crippen LogP contribution in [0.1, 0.15) is 53.9 Å². The number of benzene rings is 2. The lowest BCUT2D eigenvalue weighted by molar-refractivity contribution is -0.121. The van der Waals surface area contributed by atoms with E-state index in [1.54, 1.807) is 24.0 Å². The van der Waals surface area contributed by atoms with Gasteiger partial charge in [0.1, 0.15) is 5.65 Å². The minimum Gasteiger partial charge on any atom is -0.389 e. The standard InChI is InChI=1S/C33H40ClN5O3/c1-21(2)15-25-12-13-26(17-29(25)34)33(42)36-27(18-35-31(41)20-38(4)5)16-23-8-10-24(11-9-23)30-19-39-14-6-7-28(22(3)40)32(39)37-30/h6-14,17,19,21-22,27,40H,15-16,18,20H2,1-5H3,(H,35,41)(H,36,42)/t22-,27-/m0/s1. The third kappa shape index (κ3) is 8.18. The number of imidazole rings is 1. The van der Waals surface area contributed by atoms with Crippen LogP contribution >= 0.6 is 11.6 Å². The lowest BCUT2D eigenvalue weighted by atomic mass is 10.0. The normalized spacial score (nSPS) is 13.0. The van der Waals surface area contributed by atoms with Crippen molar-refractivity contribution in [3.63, 3.8) is 0 Å². The molecule has 0 unspecified atom stereocenters. The van der Waals surface area contributed by atoms with Crippen LogP contribution in [0.25, 0.3) is 16.9 Å². The Morgan fingerprint density at radius 1 is 1.05 bits per heavy atom. The number of pyridine rings is 1. The zero-order valence-electron chi connectivity index (χ0n) is 24.9. The molecule has 0 fully saturated rings. The van der Waals surface area contributed by atoms with Gasteiger partial charge in [-0.05, 0) is 69.1 Å². The molecule has 4 rings (SSSR count). The fraction of sp³-hybridized carbons (Fsp3) is 0.364. The molecule has 2 amide bonds. The summed E-state index contributed by atoms with van der Waals surface area (Å²) in [7, 11) is 3.67. The number of rotatable bonds is 12. The minimum absolute atomic E-state index is 0.112. The van der Waals surface area contributed by atoms with Crippen LogP contribution in [0.5, 0.6) is 0 Å². The second-order valence-electron chi connectivity index (χ2n) is 11.5. The highest BCUT2D eigenvalue weighted by Gasteiger charge is 2.18. The van der Waals surface area contributed by atoms with Crippen molar-refractivity contribution in [3.05, 3.63) is 94.3 Å². The van der Waals surface area contributed by atoms with Crippen LogP contribution in [0, 0.1) is 5.92 Å². The molecule has 2 heterocycles. The summed E-state index contributed by atoms with van der Waals surface area (Å²) >= 11 is 6.49. The summed E-state index contributed by atoms with van der Waals surface area (Å²) in [5.41, 5.74) is 5.73. The largest absolute Gasteiger partial charge is 0.389 e. The highest BCUT2D eigenvalue weighted by Crippen LogP contribution is 2.25. The quantitative estimate of drug-likeness (QED) is 0.218. The fourth-order valence-electron chi connectivity index (χ4n) is 4.91. The average Bonchev–Trinajstić information content (AvgIpc) is 3.37. The van der Waals surface area contributed by atoms with Crippen molar-refractivity contribution in [3.8, 4) is 11.3 Å². The van der Waals surface area contributed by atoms with Crippen LogP contribution in [0.3, 0.4) is 0 Å². The first kappa shape index (κ1) is 31.2. The number of fused-ring (bicyclic) bond motifs is 1. The number of likely N-dealkylation sites (N-methyl/N-ethyl adjacent to an activating group) is 1. The van der Waals surface area contributed by atoms with E-state index in [0.717, 1.165) is 40.0 Å². The number of carbonyl (C=O) groups excluding carboxylic acids is 2. The van der Waals surface area contributed by atoms with Crippen molar-refractivity contribution in [2.45, 2.75) is 45.8 Å². The number of hydrogen-bond donors (Lipinski definition) is 3. The Balaban J connectivity index is 1.50. The Hall–Kier alpha value is -3.72. The van der Waals surface area contributed by atoms with Gasteiger partial charge in [0.05, 0.1) is 24.4 Å². The molecule has 0 aliphatic rings. The van der Waals surface area contributed by atoms with Gasteiger partial charge in [0.2, 0.25) is 5.91 Å². The predicted octanol–water partition coefficient (Wildman–Crippen LogP) is 4.93. The molecule has 0 aliphatic heterocycles. The monoisotopic (exact) mass is 589 g/mol. The highest BCUT2D eigenvalue weighted by atomic mass is 35.5. The summed E-state index contributed by atoms with van der Waals surface area (Å²) in [5.74, 6) is 0.104. The van der Waals surface area contributed by atoms with Gasteiger partial charge < -0.3 is 25.0 Å². The third-order valence-electron chi connectivity index (χ3n) is 6.98. The van der Waals surface area contributed by atoms with Gasteiger partial charge in [0.15, 0.2) is 0 Å². The smallest absolute Gasteiger partial charge is 0.251 e. The number of aromatic nitrogens is 2.